The SMILES string of the molecule is CC(=O)C[C@H]1CCCN1. The van der Waals surface area contributed by atoms with Gasteiger partial charge in [0.1, 0.15) is 5.78 Å². The number of carbonyl (C=O) groups is 1. The highest BCUT2D eigenvalue weighted by Gasteiger charge is 2.14. The number of hydrogen-bond acceptors (Lipinski definition) is 2. The number of carbonyl (C=O) groups excluding carboxylic acids is 1. The van der Waals surface area contributed by atoms with Crippen LogP contribution in [0.3, 0.4) is 0 Å². The molecule has 0 aliphatic carbocycles. The third-order valence-electron chi connectivity index (χ3n) is 1.70. The summed E-state index contributed by atoms with van der Waals surface area (Å²) in [5, 5.41) is 3.27. The molecular formula is C7H13NO. The Hall–Kier alpha value is -0.370. The Morgan fingerprint density at radius 1 is 1.78 bits per heavy atom. The van der Waals surface area contributed by atoms with E-state index in [1.807, 2.05) is 0 Å². The summed E-state index contributed by atoms with van der Waals surface area (Å²) in [5.74, 6) is 0.300. The number of hydrogen-bond donors (Lipinski definition) is 1. The van der Waals surface area contributed by atoms with Gasteiger partial charge in [0.05, 0.1) is 0 Å². The van der Waals surface area contributed by atoms with Crippen molar-refractivity contribution in [3.8, 4) is 0 Å². The molecule has 1 N–H and O–H groups in total. The molecule has 0 aromatic rings. The fourth-order valence-electron chi connectivity index (χ4n) is 1.28. The average molecular weight is 127 g/mol. The first-order valence-corrected chi connectivity index (χ1v) is 3.52. The largest absolute Gasteiger partial charge is 0.314 e. The Balaban J connectivity index is 2.19. The molecule has 0 radical (unpaired) electrons. The molecule has 2 heteroatoms. The molecule has 52 valence electrons. The minimum absolute atomic E-state index is 0.300. The lowest BCUT2D eigenvalue weighted by atomic mass is 10.1. The van der Waals surface area contributed by atoms with Crippen LogP contribution in [0.25, 0.3) is 0 Å². The summed E-state index contributed by atoms with van der Waals surface area (Å²) in [6, 6.07) is 0.488. The first-order valence-electron chi connectivity index (χ1n) is 3.52. The summed E-state index contributed by atoms with van der Waals surface area (Å²) in [4.78, 5) is 10.6. The van der Waals surface area contributed by atoms with Crippen LogP contribution in [0.15, 0.2) is 0 Å². The molecule has 1 fully saturated rings. The van der Waals surface area contributed by atoms with E-state index >= 15 is 0 Å². The molecule has 1 atom stereocenters. The molecule has 0 aromatic heterocycles. The van der Waals surface area contributed by atoms with E-state index in [4.69, 9.17) is 0 Å². The zero-order valence-electron chi connectivity index (χ0n) is 5.81. The molecule has 2 nitrogen and oxygen atoms in total. The lowest BCUT2D eigenvalue weighted by Gasteiger charge is -2.04. The van der Waals surface area contributed by atoms with Gasteiger partial charge < -0.3 is 5.32 Å². The molecule has 0 saturated carbocycles. The second-order valence-electron chi connectivity index (χ2n) is 2.70. The number of Topliss-reactive ketones (excluding diaryl/α,β-unsaturated/α-hetero) is 1. The average Bonchev–Trinajstić information content (AvgIpc) is 2.15. The molecule has 0 aromatic carbocycles. The molecule has 1 saturated heterocycles. The van der Waals surface area contributed by atoms with E-state index in [2.05, 4.69) is 5.32 Å². The highest BCUT2D eigenvalue weighted by Crippen LogP contribution is 2.08. The molecule has 0 unspecified atom stereocenters. The van der Waals surface area contributed by atoms with E-state index in [1.54, 1.807) is 6.92 Å². The van der Waals surface area contributed by atoms with Crippen LogP contribution in [0.4, 0.5) is 0 Å². The first-order chi connectivity index (χ1) is 4.29. The van der Waals surface area contributed by atoms with Crippen LogP contribution in [0.2, 0.25) is 0 Å². The van der Waals surface area contributed by atoms with E-state index in [0.717, 1.165) is 13.0 Å². The van der Waals surface area contributed by atoms with Crippen LogP contribution in [-0.2, 0) is 4.79 Å². The Morgan fingerprint density at radius 2 is 2.56 bits per heavy atom. The topological polar surface area (TPSA) is 29.1 Å². The van der Waals surface area contributed by atoms with E-state index < -0.39 is 0 Å². The Labute approximate surface area is 55.6 Å². The zero-order valence-corrected chi connectivity index (χ0v) is 5.81. The van der Waals surface area contributed by atoms with E-state index in [0.29, 0.717) is 11.8 Å². The third kappa shape index (κ3) is 2.14. The number of rotatable bonds is 2. The summed E-state index contributed by atoms with van der Waals surface area (Å²) in [5.41, 5.74) is 0. The summed E-state index contributed by atoms with van der Waals surface area (Å²) < 4.78 is 0. The fraction of sp³-hybridized carbons (Fsp3) is 0.857. The van der Waals surface area contributed by atoms with Crippen LogP contribution in [0.1, 0.15) is 26.2 Å². The van der Waals surface area contributed by atoms with Crippen LogP contribution < -0.4 is 5.32 Å². The van der Waals surface area contributed by atoms with Gasteiger partial charge in [-0.2, -0.15) is 0 Å². The predicted octanol–water partition coefficient (Wildman–Crippen LogP) is 0.718. The van der Waals surface area contributed by atoms with Gasteiger partial charge in [-0.15, -0.1) is 0 Å². The third-order valence-corrected chi connectivity index (χ3v) is 1.70. The van der Waals surface area contributed by atoms with Crippen molar-refractivity contribution in [3.05, 3.63) is 0 Å². The maximum atomic E-state index is 10.6. The summed E-state index contributed by atoms with van der Waals surface area (Å²) >= 11 is 0. The quantitative estimate of drug-likeness (QED) is 0.592. The smallest absolute Gasteiger partial charge is 0.131 e. The second-order valence-corrected chi connectivity index (χ2v) is 2.70. The summed E-state index contributed by atoms with van der Waals surface area (Å²) in [6.45, 7) is 2.75. The van der Waals surface area contributed by atoms with Crippen LogP contribution in [0, 0.1) is 0 Å². The van der Waals surface area contributed by atoms with Gasteiger partial charge in [-0.3, -0.25) is 4.79 Å². The Morgan fingerprint density at radius 3 is 3.00 bits per heavy atom. The van der Waals surface area contributed by atoms with Gasteiger partial charge >= 0.3 is 0 Å². The van der Waals surface area contributed by atoms with Gasteiger partial charge in [0, 0.05) is 12.5 Å². The normalized spacial score (nSPS) is 26.6. The van der Waals surface area contributed by atoms with Crippen molar-refractivity contribution in [1.82, 2.24) is 5.32 Å². The van der Waals surface area contributed by atoms with Crippen molar-refractivity contribution >= 4 is 5.78 Å². The molecule has 1 aliphatic rings. The minimum Gasteiger partial charge on any atom is -0.314 e. The summed E-state index contributed by atoms with van der Waals surface area (Å²) in [6.07, 6.45) is 3.14. The van der Waals surface area contributed by atoms with Gasteiger partial charge in [0.25, 0.3) is 0 Å². The highest BCUT2D eigenvalue weighted by molar-refractivity contribution is 5.76. The standard InChI is InChI=1S/C7H13NO/c1-6(9)5-7-3-2-4-8-7/h7-8H,2-5H2,1H3/t7-/m1/s1. The molecule has 1 aliphatic heterocycles. The van der Waals surface area contributed by atoms with Crippen LogP contribution in [0.5, 0.6) is 0 Å². The highest BCUT2D eigenvalue weighted by atomic mass is 16.1. The maximum absolute atomic E-state index is 10.6. The molecule has 0 bridgehead atoms. The van der Waals surface area contributed by atoms with Crippen molar-refractivity contribution in [2.24, 2.45) is 0 Å². The molecule has 1 rings (SSSR count). The molecular weight excluding hydrogens is 114 g/mol. The van der Waals surface area contributed by atoms with Crippen molar-refractivity contribution in [1.29, 1.82) is 0 Å². The van der Waals surface area contributed by atoms with Gasteiger partial charge in [-0.25, -0.2) is 0 Å². The van der Waals surface area contributed by atoms with Gasteiger partial charge in [0.2, 0.25) is 0 Å². The van der Waals surface area contributed by atoms with E-state index in [9.17, 15) is 4.79 Å². The monoisotopic (exact) mass is 127 g/mol. The Kier molecular flexibility index (Phi) is 2.22. The minimum atomic E-state index is 0.300. The second kappa shape index (κ2) is 2.97. The van der Waals surface area contributed by atoms with E-state index in [-0.39, 0.29) is 0 Å². The Bertz CT molecular complexity index is 105. The predicted molar refractivity (Wildman–Crippen MR) is 36.3 cm³/mol. The van der Waals surface area contributed by atoms with Gasteiger partial charge in [0.15, 0.2) is 0 Å². The molecule has 9 heavy (non-hydrogen) atoms. The summed E-state index contributed by atoms with van der Waals surface area (Å²) in [7, 11) is 0. The first kappa shape index (κ1) is 6.75. The van der Waals surface area contributed by atoms with Crippen LogP contribution >= 0.6 is 0 Å². The zero-order chi connectivity index (χ0) is 6.69. The number of nitrogens with one attached hydrogen (secondary N) is 1. The van der Waals surface area contributed by atoms with E-state index in [1.165, 1.54) is 12.8 Å². The molecule has 0 spiro atoms. The number of ketones is 1. The van der Waals surface area contributed by atoms with Crippen molar-refractivity contribution in [2.45, 2.75) is 32.2 Å². The van der Waals surface area contributed by atoms with Crippen molar-refractivity contribution < 1.29 is 4.79 Å². The van der Waals surface area contributed by atoms with Gasteiger partial charge in [-0.1, -0.05) is 0 Å². The maximum Gasteiger partial charge on any atom is 0.131 e. The molecule has 1 heterocycles. The van der Waals surface area contributed by atoms with Crippen LogP contribution in [-0.4, -0.2) is 18.4 Å². The lowest BCUT2D eigenvalue weighted by molar-refractivity contribution is -0.117. The fourth-order valence-corrected chi connectivity index (χ4v) is 1.28. The van der Waals surface area contributed by atoms with Gasteiger partial charge in [-0.05, 0) is 26.3 Å². The van der Waals surface area contributed by atoms with Crippen molar-refractivity contribution in [3.63, 3.8) is 0 Å². The lowest BCUT2D eigenvalue weighted by Crippen LogP contribution is -2.23. The molecule has 0 amide bonds. The van der Waals surface area contributed by atoms with Crippen molar-refractivity contribution in [2.75, 3.05) is 6.54 Å².